The van der Waals surface area contributed by atoms with E-state index in [0.717, 1.165) is 17.9 Å². The van der Waals surface area contributed by atoms with E-state index in [9.17, 15) is 0 Å². The molecule has 0 amide bonds. The van der Waals surface area contributed by atoms with Gasteiger partial charge in [-0.3, -0.25) is 4.68 Å². The Kier molecular flexibility index (Phi) is 4.05. The average molecular weight is 269 g/mol. The minimum atomic E-state index is 0.622. The predicted molar refractivity (Wildman–Crippen MR) is 82.9 cm³/mol. The SMILES string of the molecule is Cc1cccc(NCc2ccn(C3CCCCC3)n2)c1. The molecular weight excluding hydrogens is 246 g/mol. The van der Waals surface area contributed by atoms with E-state index in [2.05, 4.69) is 53.5 Å². The zero-order chi connectivity index (χ0) is 13.8. The Hall–Kier alpha value is -1.77. The fourth-order valence-corrected chi connectivity index (χ4v) is 2.97. The van der Waals surface area contributed by atoms with E-state index in [1.54, 1.807) is 0 Å². The van der Waals surface area contributed by atoms with Crippen molar-refractivity contribution in [2.45, 2.75) is 51.6 Å². The highest BCUT2D eigenvalue weighted by Gasteiger charge is 2.15. The third-order valence-corrected chi connectivity index (χ3v) is 4.10. The first-order valence-electron chi connectivity index (χ1n) is 7.66. The second-order valence-electron chi connectivity index (χ2n) is 5.80. The van der Waals surface area contributed by atoms with Crippen LogP contribution in [0.1, 0.15) is 49.4 Å². The largest absolute Gasteiger partial charge is 0.379 e. The number of anilines is 1. The van der Waals surface area contributed by atoms with E-state index in [4.69, 9.17) is 5.10 Å². The summed E-state index contributed by atoms with van der Waals surface area (Å²) >= 11 is 0. The number of rotatable bonds is 4. The molecule has 0 atom stereocenters. The summed E-state index contributed by atoms with van der Waals surface area (Å²) in [6.45, 7) is 2.91. The fraction of sp³-hybridized carbons (Fsp3) is 0.471. The number of hydrogen-bond donors (Lipinski definition) is 1. The summed E-state index contributed by atoms with van der Waals surface area (Å²) in [5.74, 6) is 0. The molecule has 0 unspecified atom stereocenters. The lowest BCUT2D eigenvalue weighted by atomic mass is 9.96. The van der Waals surface area contributed by atoms with Gasteiger partial charge in [-0.15, -0.1) is 0 Å². The summed E-state index contributed by atoms with van der Waals surface area (Å²) in [6.07, 6.45) is 8.80. The summed E-state index contributed by atoms with van der Waals surface area (Å²) in [7, 11) is 0. The number of benzene rings is 1. The summed E-state index contributed by atoms with van der Waals surface area (Å²) in [4.78, 5) is 0. The van der Waals surface area contributed by atoms with Crippen molar-refractivity contribution in [3.05, 3.63) is 47.8 Å². The number of aryl methyl sites for hydroxylation is 1. The molecule has 2 aromatic rings. The standard InChI is InChI=1S/C17H23N3/c1-14-6-5-7-15(12-14)18-13-16-10-11-20(19-16)17-8-3-2-4-9-17/h5-7,10-12,17-18H,2-4,8-9,13H2,1H3. The van der Waals surface area contributed by atoms with Crippen molar-refractivity contribution in [1.29, 1.82) is 0 Å². The second-order valence-corrected chi connectivity index (χ2v) is 5.80. The van der Waals surface area contributed by atoms with Crippen molar-refractivity contribution in [1.82, 2.24) is 9.78 Å². The minimum Gasteiger partial charge on any atom is -0.379 e. The van der Waals surface area contributed by atoms with E-state index < -0.39 is 0 Å². The molecule has 1 N–H and O–H groups in total. The summed E-state index contributed by atoms with van der Waals surface area (Å²) in [5.41, 5.74) is 3.57. The van der Waals surface area contributed by atoms with Crippen molar-refractivity contribution in [3.8, 4) is 0 Å². The van der Waals surface area contributed by atoms with Crippen LogP contribution in [0.2, 0.25) is 0 Å². The Morgan fingerprint density at radius 2 is 2.05 bits per heavy atom. The van der Waals surface area contributed by atoms with Gasteiger partial charge in [0.15, 0.2) is 0 Å². The highest BCUT2D eigenvalue weighted by atomic mass is 15.3. The van der Waals surface area contributed by atoms with Gasteiger partial charge in [0.1, 0.15) is 0 Å². The zero-order valence-electron chi connectivity index (χ0n) is 12.2. The number of hydrogen-bond acceptors (Lipinski definition) is 2. The Bertz CT molecular complexity index is 553. The van der Waals surface area contributed by atoms with Gasteiger partial charge in [0.05, 0.1) is 18.3 Å². The van der Waals surface area contributed by atoms with Crippen LogP contribution in [0.5, 0.6) is 0 Å². The van der Waals surface area contributed by atoms with Gasteiger partial charge in [-0.2, -0.15) is 5.10 Å². The lowest BCUT2D eigenvalue weighted by Crippen LogP contribution is -2.13. The monoisotopic (exact) mass is 269 g/mol. The third kappa shape index (κ3) is 3.21. The van der Waals surface area contributed by atoms with Crippen LogP contribution >= 0.6 is 0 Å². The molecule has 1 heterocycles. The van der Waals surface area contributed by atoms with Gasteiger partial charge >= 0.3 is 0 Å². The van der Waals surface area contributed by atoms with Gasteiger partial charge in [-0.25, -0.2) is 0 Å². The van der Waals surface area contributed by atoms with E-state index in [1.807, 2.05) is 0 Å². The van der Waals surface area contributed by atoms with Crippen LogP contribution in [-0.2, 0) is 6.54 Å². The van der Waals surface area contributed by atoms with Gasteiger partial charge < -0.3 is 5.32 Å². The van der Waals surface area contributed by atoms with Crippen molar-refractivity contribution in [3.63, 3.8) is 0 Å². The van der Waals surface area contributed by atoms with Crippen molar-refractivity contribution >= 4 is 5.69 Å². The fourth-order valence-electron chi connectivity index (χ4n) is 2.97. The Morgan fingerprint density at radius 1 is 1.20 bits per heavy atom. The number of aromatic nitrogens is 2. The molecule has 0 spiro atoms. The van der Waals surface area contributed by atoms with E-state index in [-0.39, 0.29) is 0 Å². The van der Waals surface area contributed by atoms with Crippen molar-refractivity contribution in [2.75, 3.05) is 5.32 Å². The zero-order valence-corrected chi connectivity index (χ0v) is 12.2. The van der Waals surface area contributed by atoms with E-state index >= 15 is 0 Å². The Labute approximate surface area is 121 Å². The first-order valence-corrected chi connectivity index (χ1v) is 7.66. The summed E-state index contributed by atoms with van der Waals surface area (Å²) < 4.78 is 2.17. The lowest BCUT2D eigenvalue weighted by Gasteiger charge is -2.21. The van der Waals surface area contributed by atoms with Crippen LogP contribution in [0.25, 0.3) is 0 Å². The molecule has 3 rings (SSSR count). The molecule has 0 saturated heterocycles. The highest BCUT2D eigenvalue weighted by Crippen LogP contribution is 2.27. The maximum atomic E-state index is 4.73. The highest BCUT2D eigenvalue weighted by molar-refractivity contribution is 5.45. The predicted octanol–water partition coefficient (Wildman–Crippen LogP) is 4.31. The molecule has 106 valence electrons. The van der Waals surface area contributed by atoms with Gasteiger partial charge in [0, 0.05) is 11.9 Å². The Morgan fingerprint density at radius 3 is 2.85 bits per heavy atom. The van der Waals surface area contributed by atoms with Crippen LogP contribution < -0.4 is 5.32 Å². The molecule has 1 aromatic heterocycles. The normalized spacial score (nSPS) is 16.2. The molecule has 1 aliphatic carbocycles. The molecular formula is C17H23N3. The van der Waals surface area contributed by atoms with Gasteiger partial charge in [0.25, 0.3) is 0 Å². The first-order chi connectivity index (χ1) is 9.81. The van der Waals surface area contributed by atoms with Crippen LogP contribution in [0.15, 0.2) is 36.5 Å². The van der Waals surface area contributed by atoms with Crippen LogP contribution in [0.4, 0.5) is 5.69 Å². The first kappa shape index (κ1) is 13.2. The van der Waals surface area contributed by atoms with Gasteiger partial charge in [-0.05, 0) is 43.5 Å². The minimum absolute atomic E-state index is 0.622. The third-order valence-electron chi connectivity index (χ3n) is 4.10. The molecule has 20 heavy (non-hydrogen) atoms. The van der Waals surface area contributed by atoms with E-state index in [0.29, 0.717) is 6.04 Å². The quantitative estimate of drug-likeness (QED) is 0.896. The van der Waals surface area contributed by atoms with Crippen LogP contribution in [0.3, 0.4) is 0 Å². The van der Waals surface area contributed by atoms with Crippen LogP contribution in [0, 0.1) is 6.92 Å². The Balaban J connectivity index is 1.59. The average Bonchev–Trinajstić information content (AvgIpc) is 2.95. The van der Waals surface area contributed by atoms with Gasteiger partial charge in [-0.1, -0.05) is 31.4 Å². The molecule has 1 aliphatic rings. The molecule has 1 aromatic carbocycles. The van der Waals surface area contributed by atoms with Crippen molar-refractivity contribution in [2.24, 2.45) is 0 Å². The van der Waals surface area contributed by atoms with Gasteiger partial charge in [0.2, 0.25) is 0 Å². The summed E-state index contributed by atoms with van der Waals surface area (Å²) in [6, 6.07) is 11.2. The smallest absolute Gasteiger partial charge is 0.0815 e. The van der Waals surface area contributed by atoms with E-state index in [1.165, 1.54) is 37.7 Å². The second kappa shape index (κ2) is 6.12. The molecule has 1 saturated carbocycles. The molecule has 0 bridgehead atoms. The molecule has 1 fully saturated rings. The maximum absolute atomic E-state index is 4.73. The number of nitrogens with one attached hydrogen (secondary N) is 1. The van der Waals surface area contributed by atoms with Crippen molar-refractivity contribution < 1.29 is 0 Å². The molecule has 3 heteroatoms. The molecule has 0 radical (unpaired) electrons. The van der Waals surface area contributed by atoms with Crippen LogP contribution in [-0.4, -0.2) is 9.78 Å². The maximum Gasteiger partial charge on any atom is 0.0815 e. The molecule has 0 aliphatic heterocycles. The topological polar surface area (TPSA) is 29.9 Å². The lowest BCUT2D eigenvalue weighted by molar-refractivity contribution is 0.328. The summed E-state index contributed by atoms with van der Waals surface area (Å²) in [5, 5.41) is 8.17. The molecule has 3 nitrogen and oxygen atoms in total. The number of nitrogens with zero attached hydrogens (tertiary/aromatic N) is 2.